The van der Waals surface area contributed by atoms with E-state index in [1.807, 2.05) is 0 Å². The van der Waals surface area contributed by atoms with E-state index >= 15 is 0 Å². The van der Waals surface area contributed by atoms with E-state index in [9.17, 15) is 65.3 Å². The minimum Gasteiger partial charge on any atom is -0.393 e. The highest BCUT2D eigenvalue weighted by Gasteiger charge is 2.33. The molecule has 2 atom stereocenters. The molecule has 0 fully saturated rings. The largest absolute Gasteiger partial charge is 0.425 e. The smallest absolute Gasteiger partial charge is 0.393 e. The maximum absolute atomic E-state index is 14.4. The number of pyridine rings is 1. The summed E-state index contributed by atoms with van der Waals surface area (Å²) in [6.45, 7) is 3.67. The molecule has 0 amide bonds. The molecular weight excluding hydrogens is 1420 g/mol. The number of sulfone groups is 3. The van der Waals surface area contributed by atoms with Crippen LogP contribution in [0.2, 0.25) is 0 Å². The lowest BCUT2D eigenvalue weighted by molar-refractivity contribution is 0.191. The molecule has 34 nitrogen and oxygen atoms in total. The summed E-state index contributed by atoms with van der Waals surface area (Å²) < 4.78 is 204. The second-order valence-electron chi connectivity index (χ2n) is 22.6. The van der Waals surface area contributed by atoms with Gasteiger partial charge in [-0.3, -0.25) is 18.7 Å². The first kappa shape index (κ1) is 70.4. The Morgan fingerprint density at radius 2 is 1.16 bits per heavy atom. The van der Waals surface area contributed by atoms with Crippen molar-refractivity contribution in [1.29, 1.82) is 0 Å². The highest BCUT2D eigenvalue weighted by molar-refractivity contribution is 7.92. The van der Waals surface area contributed by atoms with Gasteiger partial charge in [-0.2, -0.15) is 23.4 Å². The maximum Gasteiger partial charge on any atom is 0.425 e. The second kappa shape index (κ2) is 27.4. The number of aliphatic hydroxyl groups is 2. The second-order valence-corrected chi connectivity index (χ2v) is 34.6. The Hall–Kier alpha value is -8.88. The number of anilines is 3. The number of aromatic nitrogens is 6. The molecule has 6 bridgehead atoms. The fourth-order valence-electron chi connectivity index (χ4n) is 10.8. The predicted molar refractivity (Wildman–Crippen MR) is 357 cm³/mol. The van der Waals surface area contributed by atoms with Crippen LogP contribution in [-0.2, 0) is 77.0 Å². The van der Waals surface area contributed by atoms with Gasteiger partial charge in [-0.05, 0) is 119 Å². The first-order valence-electron chi connectivity index (χ1n) is 29.4. The number of para-hydroxylation sites is 1. The van der Waals surface area contributed by atoms with Gasteiger partial charge in [-0.15, -0.1) is 12.6 Å². The van der Waals surface area contributed by atoms with Gasteiger partial charge in [0.25, 0.3) is 10.1 Å². The minimum atomic E-state index is -4.63. The Labute approximate surface area is 561 Å². The standard InChI is InChI=1S/C57H58N16O15S6.O3S/c1-32(74)18-26-89(76,77)22-7-23-90(78,79)35-12-15-38-42(27-35)50-65-48(38)66-51-47-41(9-6-19-58-47)49(67-51)68-54-43-28-36(91(80,81)24-8-25-92(82,83)61-30-33(2)75)13-16-40(43)53-70-55-44-29-37(14-17-39(44)52(69-50)72(55)31-73(53)54)93(84,85)60-21-20-59-56-62-34(3)63-57(71-56)64-45-10-4-5-11-46(45)94(86,87)88;1-4(2)3/h4-6,9-17,19,27-29,32-33,60-61,74-75H,7-8,18,20-26,30-31H2,1-3H3,(H,86,87,88)(H2,59,62,63,64,71);. The predicted octanol–water partition coefficient (Wildman–Crippen LogP) is 1.12. The molecule has 2 unspecified atom stereocenters. The number of sulfonamides is 2. The molecule has 0 saturated heterocycles. The highest BCUT2D eigenvalue weighted by atomic mass is 32.2. The molecule has 4 aromatic heterocycles. The fourth-order valence-corrected chi connectivity index (χ4v) is 18.2. The van der Waals surface area contributed by atoms with Crippen molar-refractivity contribution in [1.82, 2.24) is 38.5 Å². The van der Waals surface area contributed by atoms with Gasteiger partial charge in [-0.1, -0.05) is 12.1 Å². The summed E-state index contributed by atoms with van der Waals surface area (Å²) in [7, 11) is -28.2. The van der Waals surface area contributed by atoms with Crippen LogP contribution in [0.1, 0.15) is 61.3 Å². The van der Waals surface area contributed by atoms with E-state index in [-0.39, 0.29) is 157 Å². The summed E-state index contributed by atoms with van der Waals surface area (Å²) in [4.78, 5) is 46.4. The SMILES string of the molecule is Cc1nc(NCCNS(=O)(=O)c2ccc3c4n5c(c3c2)N=c2c3ccc(S(=O)(=O)CCCS(=O)(=O)NCC(C)O)cc3c(n2C5)=NC2=NC(=NC3=NC(=N4)c4cc(S(=O)(=O)CCCS(=O)(=O)CCC(C)O)ccc43)c3ncccc32)nc(Nc2ccccc2S(=O)(=O)O)n1.O=S(=O)=O. The number of hydrogen-bond donors (Lipinski definition) is 7. The summed E-state index contributed by atoms with van der Waals surface area (Å²) in [6, 6.07) is 21.7. The molecule has 12 rings (SSSR count). The zero-order valence-corrected chi connectivity index (χ0v) is 57.3. The van der Waals surface area contributed by atoms with E-state index in [1.165, 1.54) is 98.9 Å². The fraction of sp³-hybridized carbons (Fsp3) is 0.298. The van der Waals surface area contributed by atoms with Crippen LogP contribution >= 0.6 is 0 Å². The van der Waals surface area contributed by atoms with Crippen LogP contribution in [-0.4, -0.2) is 191 Å². The summed E-state index contributed by atoms with van der Waals surface area (Å²) >= 11 is 0. The summed E-state index contributed by atoms with van der Waals surface area (Å²) in [5.74, 6) is -1.87. The lowest BCUT2D eigenvalue weighted by Crippen LogP contribution is -2.33. The van der Waals surface area contributed by atoms with Gasteiger partial charge in [-0.25, -0.2) is 81.5 Å². The number of amidine groups is 4. The number of fused-ring (bicyclic) bond motifs is 14. The molecule has 41 heteroatoms. The highest BCUT2D eigenvalue weighted by Crippen LogP contribution is 2.42. The van der Waals surface area contributed by atoms with Gasteiger partial charge in [0.05, 0.1) is 61.3 Å². The van der Waals surface area contributed by atoms with Gasteiger partial charge >= 0.3 is 10.6 Å². The summed E-state index contributed by atoms with van der Waals surface area (Å²) in [6.07, 6.45) is -0.863. The van der Waals surface area contributed by atoms with Crippen LogP contribution < -0.4 is 31.1 Å². The van der Waals surface area contributed by atoms with Crippen molar-refractivity contribution in [2.45, 2.75) is 78.5 Å². The van der Waals surface area contributed by atoms with Crippen molar-refractivity contribution in [2.24, 2.45) is 30.0 Å². The van der Waals surface area contributed by atoms with Crippen LogP contribution in [0.4, 0.5) is 29.2 Å². The van der Waals surface area contributed by atoms with Gasteiger partial charge < -0.3 is 20.8 Å². The first-order valence-corrected chi connectivity index (χ1v) is 40.1. The summed E-state index contributed by atoms with van der Waals surface area (Å²) in [5.41, 5.74) is 1.60. The van der Waals surface area contributed by atoms with Gasteiger partial charge in [0.15, 0.2) is 43.0 Å². The van der Waals surface area contributed by atoms with Crippen molar-refractivity contribution in [3.63, 3.8) is 0 Å². The Morgan fingerprint density at radius 1 is 0.551 bits per heavy atom. The number of aryl methyl sites for hydroxylation is 1. The average Bonchev–Trinajstić information content (AvgIpc) is 1.55. The number of rotatable bonds is 25. The quantitative estimate of drug-likeness (QED) is 0.0311. The van der Waals surface area contributed by atoms with Crippen molar-refractivity contribution < 1.29 is 77.9 Å². The summed E-state index contributed by atoms with van der Waals surface area (Å²) in [5, 5.41) is 26.3. The molecular formula is C57H58N16O18S7. The van der Waals surface area contributed by atoms with E-state index < -0.39 is 110 Å². The number of nitrogens with one attached hydrogen (secondary N) is 4. The van der Waals surface area contributed by atoms with Crippen LogP contribution in [0.15, 0.2) is 147 Å². The Kier molecular flexibility index (Phi) is 19.7. The third-order valence-corrected chi connectivity index (χ3v) is 24.5. The Morgan fingerprint density at radius 3 is 1.89 bits per heavy atom. The molecule has 516 valence electrons. The maximum atomic E-state index is 14.4. The Bertz CT molecular complexity index is 5760. The molecule has 4 aliphatic rings. The van der Waals surface area contributed by atoms with Crippen molar-refractivity contribution >= 4 is 144 Å². The van der Waals surface area contributed by atoms with Crippen LogP contribution in [0.5, 0.6) is 0 Å². The molecule has 7 N–H and O–H groups in total. The monoisotopic (exact) mass is 1480 g/mol. The molecule has 4 aromatic carbocycles. The molecule has 4 aliphatic heterocycles. The van der Waals surface area contributed by atoms with E-state index in [2.05, 4.69) is 40.0 Å². The zero-order chi connectivity index (χ0) is 70.4. The van der Waals surface area contributed by atoms with Gasteiger partial charge in [0.1, 0.15) is 55.5 Å². The number of aliphatic imine (C=N–C) groups is 4. The first-order chi connectivity index (χ1) is 46.2. The molecule has 0 radical (unpaired) electrons. The van der Waals surface area contributed by atoms with E-state index in [4.69, 9.17) is 42.6 Å². The van der Waals surface area contributed by atoms with E-state index in [0.717, 1.165) is 0 Å². The molecule has 8 heterocycles. The lowest BCUT2D eigenvalue weighted by atomic mass is 10.1. The number of hydrogen-bond acceptors (Lipinski definition) is 29. The third-order valence-electron chi connectivity index (χ3n) is 15.3. The number of aliphatic hydroxyl groups excluding tert-OH is 2. The molecule has 0 saturated carbocycles. The Balaban J connectivity index is 0.00000237. The van der Waals surface area contributed by atoms with Gasteiger partial charge in [0, 0.05) is 64.1 Å². The molecule has 0 aliphatic carbocycles. The third kappa shape index (κ3) is 15.5. The van der Waals surface area contributed by atoms with Crippen LogP contribution in [0.3, 0.4) is 0 Å². The zero-order valence-electron chi connectivity index (χ0n) is 51.6. The molecule has 8 aromatic rings. The number of nitrogens with zero attached hydrogens (tertiary/aromatic N) is 12. The average molecular weight is 1480 g/mol. The van der Waals surface area contributed by atoms with E-state index in [1.54, 1.807) is 28.2 Å². The van der Waals surface area contributed by atoms with Crippen molar-refractivity contribution in [2.75, 3.05) is 59.0 Å². The molecule has 0 spiro atoms. The topological polar surface area (TPSA) is 500 Å². The van der Waals surface area contributed by atoms with E-state index in [0.29, 0.717) is 21.9 Å². The van der Waals surface area contributed by atoms with Crippen molar-refractivity contribution in [3.05, 3.63) is 136 Å². The van der Waals surface area contributed by atoms with Crippen LogP contribution in [0.25, 0.3) is 21.5 Å². The van der Waals surface area contributed by atoms with Crippen molar-refractivity contribution in [3.8, 4) is 0 Å². The normalized spacial score (nSPS) is 14.8. The lowest BCUT2D eigenvalue weighted by Gasteiger charge is -2.15. The number of benzene rings is 4. The van der Waals surface area contributed by atoms with Crippen LogP contribution in [0, 0.1) is 6.92 Å². The molecule has 98 heavy (non-hydrogen) atoms. The minimum absolute atomic E-state index is 0.00205. The van der Waals surface area contributed by atoms with Gasteiger partial charge in [0.2, 0.25) is 31.9 Å².